The number of likely N-dealkylation sites (N-methyl/N-ethyl adjacent to an activating group) is 1. The highest BCUT2D eigenvalue weighted by Crippen LogP contribution is 2.08. The molecule has 4 heteroatoms. The fourth-order valence-corrected chi connectivity index (χ4v) is 2.14. The van der Waals surface area contributed by atoms with E-state index >= 15 is 0 Å². The molecule has 1 N–H and O–H groups in total. The Kier molecular flexibility index (Phi) is 6.98. The largest absolute Gasteiger partial charge is 0.378 e. The normalized spacial score (nSPS) is 16.6. The van der Waals surface area contributed by atoms with Crippen LogP contribution in [0.15, 0.2) is 12.2 Å². The van der Waals surface area contributed by atoms with Crippen LogP contribution in [0.25, 0.3) is 0 Å². The number of hydrogen-bond donors (Lipinski definition) is 1. The zero-order valence-corrected chi connectivity index (χ0v) is 11.7. The average Bonchev–Trinajstić information content (AvgIpc) is 2.36. The maximum absolute atomic E-state index is 11.9. The summed E-state index contributed by atoms with van der Waals surface area (Å²) in [4.78, 5) is 13.8. The van der Waals surface area contributed by atoms with Crippen molar-refractivity contribution in [3.8, 4) is 0 Å². The summed E-state index contributed by atoms with van der Waals surface area (Å²) in [6, 6.07) is 0. The first kappa shape index (κ1) is 15.2. The Bertz CT molecular complexity index is 273. The quantitative estimate of drug-likeness (QED) is 0.701. The van der Waals surface area contributed by atoms with Gasteiger partial charge in [-0.3, -0.25) is 4.79 Å². The molecule has 1 rings (SSSR count). The molecular formula is C14H26N2O2. The minimum Gasteiger partial charge on any atom is -0.378 e. The summed E-state index contributed by atoms with van der Waals surface area (Å²) in [6.45, 7) is 11.8. The van der Waals surface area contributed by atoms with Crippen LogP contribution < -0.4 is 5.32 Å². The van der Waals surface area contributed by atoms with Gasteiger partial charge < -0.3 is 15.0 Å². The van der Waals surface area contributed by atoms with Crippen molar-refractivity contribution in [1.29, 1.82) is 0 Å². The standard InChI is InChI=1S/C14H26N2O2/c1-4-16(11-12(2)3)14(17)7-10-18-13-5-8-15-9-6-13/h13,15H,2,4-11H2,1,3H3. The van der Waals surface area contributed by atoms with Crippen LogP contribution in [0.5, 0.6) is 0 Å². The summed E-state index contributed by atoms with van der Waals surface area (Å²) in [5.41, 5.74) is 1.02. The van der Waals surface area contributed by atoms with E-state index in [0.717, 1.165) is 38.0 Å². The van der Waals surface area contributed by atoms with E-state index in [2.05, 4.69) is 11.9 Å². The van der Waals surface area contributed by atoms with Gasteiger partial charge in [-0.1, -0.05) is 12.2 Å². The molecule has 1 heterocycles. The van der Waals surface area contributed by atoms with Crippen molar-refractivity contribution in [2.45, 2.75) is 39.2 Å². The second kappa shape index (κ2) is 8.27. The Morgan fingerprint density at radius 1 is 1.44 bits per heavy atom. The van der Waals surface area contributed by atoms with Crippen LogP contribution >= 0.6 is 0 Å². The van der Waals surface area contributed by atoms with Crippen LogP contribution in [0, 0.1) is 0 Å². The number of nitrogens with zero attached hydrogens (tertiary/aromatic N) is 1. The third-order valence-corrected chi connectivity index (χ3v) is 3.15. The molecule has 0 saturated carbocycles. The number of rotatable bonds is 7. The van der Waals surface area contributed by atoms with Gasteiger partial charge in [0, 0.05) is 13.1 Å². The predicted octanol–water partition coefficient (Wildman–Crippen LogP) is 1.57. The Hall–Kier alpha value is -0.870. The summed E-state index contributed by atoms with van der Waals surface area (Å²) in [6.07, 6.45) is 2.91. The molecule has 0 aliphatic carbocycles. The number of nitrogens with one attached hydrogen (secondary N) is 1. The molecule has 1 saturated heterocycles. The first-order chi connectivity index (χ1) is 8.63. The van der Waals surface area contributed by atoms with E-state index in [1.807, 2.05) is 18.7 Å². The molecule has 1 aliphatic heterocycles. The predicted molar refractivity (Wildman–Crippen MR) is 73.5 cm³/mol. The van der Waals surface area contributed by atoms with Crippen molar-refractivity contribution in [3.63, 3.8) is 0 Å². The Balaban J connectivity index is 2.20. The van der Waals surface area contributed by atoms with Gasteiger partial charge in [0.2, 0.25) is 5.91 Å². The molecular weight excluding hydrogens is 228 g/mol. The minimum absolute atomic E-state index is 0.162. The second-order valence-corrected chi connectivity index (χ2v) is 4.94. The lowest BCUT2D eigenvalue weighted by Gasteiger charge is -2.24. The molecule has 0 atom stereocenters. The van der Waals surface area contributed by atoms with Crippen molar-refractivity contribution in [2.75, 3.05) is 32.8 Å². The van der Waals surface area contributed by atoms with Crippen LogP contribution in [0.3, 0.4) is 0 Å². The SMILES string of the molecule is C=C(C)CN(CC)C(=O)CCOC1CCNCC1. The monoisotopic (exact) mass is 254 g/mol. The van der Waals surface area contributed by atoms with E-state index in [1.54, 1.807) is 0 Å². The molecule has 0 aromatic carbocycles. The van der Waals surface area contributed by atoms with E-state index in [0.29, 0.717) is 25.7 Å². The number of piperidine rings is 1. The summed E-state index contributed by atoms with van der Waals surface area (Å²) in [5, 5.41) is 3.30. The maximum Gasteiger partial charge on any atom is 0.225 e. The highest BCUT2D eigenvalue weighted by molar-refractivity contribution is 5.76. The van der Waals surface area contributed by atoms with Gasteiger partial charge in [0.15, 0.2) is 0 Å². The average molecular weight is 254 g/mol. The second-order valence-electron chi connectivity index (χ2n) is 4.94. The van der Waals surface area contributed by atoms with Crippen LogP contribution in [0.4, 0.5) is 0 Å². The molecule has 4 nitrogen and oxygen atoms in total. The number of ether oxygens (including phenoxy) is 1. The van der Waals surface area contributed by atoms with Gasteiger partial charge in [-0.25, -0.2) is 0 Å². The van der Waals surface area contributed by atoms with Gasteiger partial charge in [-0.2, -0.15) is 0 Å². The molecule has 18 heavy (non-hydrogen) atoms. The third-order valence-electron chi connectivity index (χ3n) is 3.15. The van der Waals surface area contributed by atoms with Gasteiger partial charge in [0.25, 0.3) is 0 Å². The zero-order valence-electron chi connectivity index (χ0n) is 11.7. The van der Waals surface area contributed by atoms with Gasteiger partial charge in [-0.15, -0.1) is 0 Å². The fourth-order valence-electron chi connectivity index (χ4n) is 2.14. The first-order valence-corrected chi connectivity index (χ1v) is 6.88. The highest BCUT2D eigenvalue weighted by Gasteiger charge is 2.15. The van der Waals surface area contributed by atoms with Gasteiger partial charge >= 0.3 is 0 Å². The van der Waals surface area contributed by atoms with Gasteiger partial charge in [0.1, 0.15) is 0 Å². The lowest BCUT2D eigenvalue weighted by atomic mass is 10.1. The number of carbonyl (C=O) groups excluding carboxylic acids is 1. The molecule has 1 amide bonds. The van der Waals surface area contributed by atoms with Crippen molar-refractivity contribution >= 4 is 5.91 Å². The lowest BCUT2D eigenvalue weighted by molar-refractivity contribution is -0.132. The highest BCUT2D eigenvalue weighted by atomic mass is 16.5. The smallest absolute Gasteiger partial charge is 0.225 e. The van der Waals surface area contributed by atoms with E-state index < -0.39 is 0 Å². The Labute approximate surface area is 110 Å². The number of hydrogen-bond acceptors (Lipinski definition) is 3. The van der Waals surface area contributed by atoms with E-state index in [9.17, 15) is 4.79 Å². The molecule has 1 fully saturated rings. The van der Waals surface area contributed by atoms with Gasteiger partial charge in [-0.05, 0) is 39.8 Å². The van der Waals surface area contributed by atoms with Crippen LogP contribution in [0.1, 0.15) is 33.1 Å². The fraction of sp³-hybridized carbons (Fsp3) is 0.786. The summed E-state index contributed by atoms with van der Waals surface area (Å²) in [5.74, 6) is 0.162. The molecule has 0 unspecified atom stereocenters. The zero-order chi connectivity index (χ0) is 13.4. The molecule has 0 aromatic heterocycles. The van der Waals surface area contributed by atoms with Crippen LogP contribution in [0.2, 0.25) is 0 Å². The van der Waals surface area contributed by atoms with Crippen LogP contribution in [-0.2, 0) is 9.53 Å². The number of carbonyl (C=O) groups is 1. The van der Waals surface area contributed by atoms with Crippen molar-refractivity contribution in [1.82, 2.24) is 10.2 Å². The Morgan fingerprint density at radius 2 is 2.11 bits per heavy atom. The van der Waals surface area contributed by atoms with E-state index in [4.69, 9.17) is 4.74 Å². The third kappa shape index (κ3) is 5.65. The Morgan fingerprint density at radius 3 is 2.67 bits per heavy atom. The molecule has 0 spiro atoms. The summed E-state index contributed by atoms with van der Waals surface area (Å²) < 4.78 is 5.74. The van der Waals surface area contributed by atoms with Crippen LogP contribution in [-0.4, -0.2) is 49.7 Å². The molecule has 104 valence electrons. The van der Waals surface area contributed by atoms with E-state index in [1.165, 1.54) is 0 Å². The first-order valence-electron chi connectivity index (χ1n) is 6.88. The minimum atomic E-state index is 0.162. The van der Waals surface area contributed by atoms with Crippen molar-refractivity contribution < 1.29 is 9.53 Å². The molecule has 0 bridgehead atoms. The maximum atomic E-state index is 11.9. The summed E-state index contributed by atoms with van der Waals surface area (Å²) >= 11 is 0. The van der Waals surface area contributed by atoms with E-state index in [-0.39, 0.29) is 5.91 Å². The summed E-state index contributed by atoms with van der Waals surface area (Å²) in [7, 11) is 0. The molecule has 0 aromatic rings. The van der Waals surface area contributed by atoms with Crippen molar-refractivity contribution in [3.05, 3.63) is 12.2 Å². The lowest BCUT2D eigenvalue weighted by Crippen LogP contribution is -2.35. The number of amides is 1. The van der Waals surface area contributed by atoms with Crippen molar-refractivity contribution in [2.24, 2.45) is 0 Å². The molecule has 0 radical (unpaired) electrons. The van der Waals surface area contributed by atoms with Gasteiger partial charge in [0.05, 0.1) is 19.1 Å². The topological polar surface area (TPSA) is 41.6 Å². The molecule has 1 aliphatic rings.